The van der Waals surface area contributed by atoms with Crippen LogP contribution in [0, 0.1) is 6.92 Å². The van der Waals surface area contributed by atoms with Gasteiger partial charge in [0.25, 0.3) is 10.0 Å². The van der Waals surface area contributed by atoms with Crippen LogP contribution in [-0.4, -0.2) is 51.0 Å². The predicted octanol–water partition coefficient (Wildman–Crippen LogP) is 6.61. The minimum atomic E-state index is -4.18. The van der Waals surface area contributed by atoms with Crippen molar-refractivity contribution in [3.8, 4) is 0 Å². The number of hydrogen-bond acceptors (Lipinski definition) is 5. The van der Waals surface area contributed by atoms with Gasteiger partial charge < -0.3 is 10.2 Å². The molecule has 11 heteroatoms. The average Bonchev–Trinajstić information content (AvgIpc) is 3.03. The van der Waals surface area contributed by atoms with Gasteiger partial charge in [-0.25, -0.2) is 8.42 Å². The summed E-state index contributed by atoms with van der Waals surface area (Å²) < 4.78 is 29.3. The number of amides is 2. The zero-order valence-corrected chi connectivity index (χ0v) is 27.7. The van der Waals surface area contributed by atoms with Crippen LogP contribution in [0.15, 0.2) is 107 Å². The van der Waals surface area contributed by atoms with Gasteiger partial charge in [-0.3, -0.25) is 13.9 Å². The number of halogens is 2. The second-order valence-corrected chi connectivity index (χ2v) is 13.7. The summed E-state index contributed by atoms with van der Waals surface area (Å²) in [6, 6.07) is 26.8. The number of carbonyl (C=O) groups is 2. The first kappa shape index (κ1) is 33.4. The molecule has 1 atom stereocenters. The molecule has 1 N–H and O–H groups in total. The molecule has 0 aliphatic carbocycles. The van der Waals surface area contributed by atoms with Crippen LogP contribution in [0.5, 0.6) is 0 Å². The summed E-state index contributed by atoms with van der Waals surface area (Å²) in [5, 5.41) is 3.32. The molecule has 0 heterocycles. The highest BCUT2D eigenvalue weighted by atomic mass is 35.5. The fourth-order valence-electron chi connectivity index (χ4n) is 4.67. The molecule has 0 aromatic heterocycles. The second-order valence-electron chi connectivity index (χ2n) is 10.1. The number of carbonyl (C=O) groups excluding carboxylic acids is 2. The van der Waals surface area contributed by atoms with Gasteiger partial charge in [-0.15, -0.1) is 11.8 Å². The lowest BCUT2D eigenvalue weighted by molar-refractivity contribution is -0.139. The Labute approximate surface area is 273 Å². The SMILES string of the molecule is CNC(=O)C(Cc1ccccc1)N(Cc1ccc(Cl)c(Cl)c1)C(=O)CN(c1ccc(C)cc1)S(=O)(=O)c1ccc(SC)cc1. The van der Waals surface area contributed by atoms with Crippen molar-refractivity contribution in [2.45, 2.75) is 35.7 Å². The number of likely N-dealkylation sites (N-methyl/N-ethyl adjacent to an activating group) is 1. The molecule has 7 nitrogen and oxygen atoms in total. The summed E-state index contributed by atoms with van der Waals surface area (Å²) in [7, 11) is -2.68. The Morgan fingerprint density at radius 1 is 0.864 bits per heavy atom. The van der Waals surface area contributed by atoms with Crippen LogP contribution < -0.4 is 9.62 Å². The highest BCUT2D eigenvalue weighted by molar-refractivity contribution is 7.98. The van der Waals surface area contributed by atoms with Crippen LogP contribution in [0.25, 0.3) is 0 Å². The van der Waals surface area contributed by atoms with Crippen molar-refractivity contribution in [1.82, 2.24) is 10.2 Å². The lowest BCUT2D eigenvalue weighted by Gasteiger charge is -2.33. The van der Waals surface area contributed by atoms with Crippen molar-refractivity contribution in [3.05, 3.63) is 124 Å². The average molecular weight is 671 g/mol. The molecular formula is C33H33Cl2N3O4S2. The molecule has 2 amide bonds. The van der Waals surface area contributed by atoms with Crippen molar-refractivity contribution in [3.63, 3.8) is 0 Å². The molecule has 0 fully saturated rings. The maximum absolute atomic E-state index is 14.4. The number of hydrogen-bond donors (Lipinski definition) is 1. The monoisotopic (exact) mass is 669 g/mol. The topological polar surface area (TPSA) is 86.8 Å². The van der Waals surface area contributed by atoms with Crippen LogP contribution in [0.1, 0.15) is 16.7 Å². The van der Waals surface area contributed by atoms with Gasteiger partial charge in [-0.1, -0.05) is 77.3 Å². The van der Waals surface area contributed by atoms with Crippen molar-refractivity contribution in [1.29, 1.82) is 0 Å². The van der Waals surface area contributed by atoms with Crippen molar-refractivity contribution in [2.75, 3.05) is 24.2 Å². The van der Waals surface area contributed by atoms with Crippen molar-refractivity contribution < 1.29 is 18.0 Å². The van der Waals surface area contributed by atoms with E-state index in [4.69, 9.17) is 23.2 Å². The Morgan fingerprint density at radius 2 is 1.52 bits per heavy atom. The van der Waals surface area contributed by atoms with Gasteiger partial charge in [0.15, 0.2) is 0 Å². The third kappa shape index (κ3) is 8.15. The molecule has 4 aromatic rings. The molecule has 0 saturated carbocycles. The molecule has 0 radical (unpaired) electrons. The minimum Gasteiger partial charge on any atom is -0.357 e. The molecule has 4 rings (SSSR count). The third-order valence-corrected chi connectivity index (χ3v) is 10.4. The number of benzene rings is 4. The zero-order chi connectivity index (χ0) is 31.9. The van der Waals surface area contributed by atoms with Gasteiger partial charge >= 0.3 is 0 Å². The van der Waals surface area contributed by atoms with E-state index >= 15 is 0 Å². The number of aryl methyl sites for hydroxylation is 1. The number of nitrogens with zero attached hydrogens (tertiary/aromatic N) is 2. The van der Waals surface area contributed by atoms with Crippen LogP contribution >= 0.6 is 35.0 Å². The summed E-state index contributed by atoms with van der Waals surface area (Å²) in [6.45, 7) is 1.34. The maximum atomic E-state index is 14.4. The first-order valence-corrected chi connectivity index (χ1v) is 17.2. The summed E-state index contributed by atoms with van der Waals surface area (Å²) in [4.78, 5) is 30.1. The summed E-state index contributed by atoms with van der Waals surface area (Å²) in [5.41, 5.74) is 2.73. The van der Waals surface area contributed by atoms with Gasteiger partial charge in [0.1, 0.15) is 12.6 Å². The molecule has 0 saturated heterocycles. The molecule has 230 valence electrons. The number of nitrogens with one attached hydrogen (secondary N) is 1. The van der Waals surface area contributed by atoms with E-state index in [1.54, 1.807) is 54.6 Å². The van der Waals surface area contributed by atoms with E-state index in [0.29, 0.717) is 21.3 Å². The highest BCUT2D eigenvalue weighted by Gasteiger charge is 2.34. The van der Waals surface area contributed by atoms with E-state index in [-0.39, 0.29) is 23.8 Å². The first-order chi connectivity index (χ1) is 21.0. The minimum absolute atomic E-state index is 0.00908. The summed E-state index contributed by atoms with van der Waals surface area (Å²) in [6.07, 6.45) is 2.11. The summed E-state index contributed by atoms with van der Waals surface area (Å²) in [5.74, 6) is -0.954. The predicted molar refractivity (Wildman–Crippen MR) is 179 cm³/mol. The van der Waals surface area contributed by atoms with E-state index in [1.807, 2.05) is 43.5 Å². The molecule has 4 aromatic carbocycles. The second kappa shape index (κ2) is 15.0. The lowest BCUT2D eigenvalue weighted by atomic mass is 10.0. The number of sulfonamides is 1. The van der Waals surface area contributed by atoms with Gasteiger partial charge in [-0.05, 0) is 72.8 Å². The summed E-state index contributed by atoms with van der Waals surface area (Å²) >= 11 is 13.9. The van der Waals surface area contributed by atoms with Gasteiger partial charge in [0.05, 0.1) is 20.6 Å². The van der Waals surface area contributed by atoms with Gasteiger partial charge in [-0.2, -0.15) is 0 Å². The van der Waals surface area contributed by atoms with E-state index in [1.165, 1.54) is 35.8 Å². The number of anilines is 1. The van der Waals surface area contributed by atoms with Crippen molar-refractivity contribution in [2.24, 2.45) is 0 Å². The molecule has 0 aliphatic rings. The smallest absolute Gasteiger partial charge is 0.264 e. The Bertz CT molecular complexity index is 1700. The Hall–Kier alpha value is -3.50. The number of rotatable bonds is 12. The largest absolute Gasteiger partial charge is 0.357 e. The highest BCUT2D eigenvalue weighted by Crippen LogP contribution is 2.28. The normalized spacial score (nSPS) is 11.9. The third-order valence-electron chi connectivity index (χ3n) is 7.10. The molecule has 44 heavy (non-hydrogen) atoms. The van der Waals surface area contributed by atoms with Crippen molar-refractivity contribution >= 4 is 62.5 Å². The van der Waals surface area contributed by atoms with Crippen LogP contribution in [0.4, 0.5) is 5.69 Å². The zero-order valence-electron chi connectivity index (χ0n) is 24.5. The van der Waals surface area contributed by atoms with E-state index in [0.717, 1.165) is 20.3 Å². The molecular weight excluding hydrogens is 637 g/mol. The van der Waals surface area contributed by atoms with E-state index < -0.39 is 28.5 Å². The van der Waals surface area contributed by atoms with Gasteiger partial charge in [0.2, 0.25) is 11.8 Å². The van der Waals surface area contributed by atoms with Crippen LogP contribution in [0.3, 0.4) is 0 Å². The molecule has 1 unspecified atom stereocenters. The molecule has 0 aliphatic heterocycles. The maximum Gasteiger partial charge on any atom is 0.264 e. The van der Waals surface area contributed by atoms with Crippen LogP contribution in [-0.2, 0) is 32.6 Å². The van der Waals surface area contributed by atoms with Gasteiger partial charge in [0, 0.05) is 24.9 Å². The molecule has 0 bridgehead atoms. The first-order valence-electron chi connectivity index (χ1n) is 13.8. The number of thioether (sulfide) groups is 1. The fourth-order valence-corrected chi connectivity index (χ4v) is 6.81. The molecule has 0 spiro atoms. The standard InChI is InChI=1S/C33H33Cl2N3O4S2/c1-23-9-12-26(13-10-23)38(44(41,42)28-16-14-27(43-3)15-17-28)22-32(39)37(21-25-11-18-29(34)30(35)19-25)31(33(40)36-2)20-24-7-5-4-6-8-24/h4-19,31H,20-22H2,1-3H3,(H,36,40). The fraction of sp³-hybridized carbons (Fsp3) is 0.212. The Balaban J connectivity index is 1.79. The quantitative estimate of drug-likeness (QED) is 0.172. The Kier molecular flexibility index (Phi) is 11.4. The van der Waals surface area contributed by atoms with Crippen LogP contribution in [0.2, 0.25) is 10.0 Å². The van der Waals surface area contributed by atoms with E-state index in [9.17, 15) is 18.0 Å². The Morgan fingerprint density at radius 3 is 2.11 bits per heavy atom. The van der Waals surface area contributed by atoms with E-state index in [2.05, 4.69) is 5.32 Å². The lowest BCUT2D eigenvalue weighted by Crippen LogP contribution is -2.53.